The standard InChI is InChI=1S/C12H21N/c1-4-10-11-9(12(11)5-6-12)7-13(10)8(2)3/h8-11H,4-7H2,1-3H3/t9-,10+,11-/m0/s1. The van der Waals surface area contributed by atoms with Gasteiger partial charge in [0.15, 0.2) is 0 Å². The molecule has 0 radical (unpaired) electrons. The molecule has 0 amide bonds. The molecule has 2 aliphatic carbocycles. The summed E-state index contributed by atoms with van der Waals surface area (Å²) in [6, 6.07) is 1.71. The molecule has 1 nitrogen and oxygen atoms in total. The lowest BCUT2D eigenvalue weighted by Gasteiger charge is -2.31. The molecule has 1 aliphatic heterocycles. The number of piperidine rings is 1. The molecule has 0 aromatic carbocycles. The zero-order valence-electron chi connectivity index (χ0n) is 9.09. The summed E-state index contributed by atoms with van der Waals surface area (Å²) in [7, 11) is 0. The van der Waals surface area contributed by atoms with Crippen molar-refractivity contribution < 1.29 is 0 Å². The fourth-order valence-electron chi connectivity index (χ4n) is 4.06. The van der Waals surface area contributed by atoms with Crippen molar-refractivity contribution in [3.05, 3.63) is 0 Å². The van der Waals surface area contributed by atoms with Crippen molar-refractivity contribution in [3.63, 3.8) is 0 Å². The van der Waals surface area contributed by atoms with E-state index in [-0.39, 0.29) is 0 Å². The highest BCUT2D eigenvalue weighted by Gasteiger charge is 2.76. The molecule has 3 fully saturated rings. The maximum Gasteiger partial charge on any atom is 0.0132 e. The number of hydrogen-bond acceptors (Lipinski definition) is 1. The molecule has 3 atom stereocenters. The molecule has 1 spiro atoms. The van der Waals surface area contributed by atoms with Crippen molar-refractivity contribution in [1.29, 1.82) is 0 Å². The van der Waals surface area contributed by atoms with Crippen molar-refractivity contribution in [3.8, 4) is 0 Å². The van der Waals surface area contributed by atoms with Crippen molar-refractivity contribution in [2.45, 2.75) is 52.1 Å². The Morgan fingerprint density at radius 1 is 1.38 bits per heavy atom. The minimum absolute atomic E-state index is 0.772. The van der Waals surface area contributed by atoms with Gasteiger partial charge in [0.2, 0.25) is 0 Å². The van der Waals surface area contributed by atoms with E-state index in [9.17, 15) is 0 Å². The second-order valence-corrected chi connectivity index (χ2v) is 5.63. The largest absolute Gasteiger partial charge is 0.297 e. The van der Waals surface area contributed by atoms with Gasteiger partial charge in [-0.15, -0.1) is 0 Å². The second-order valence-electron chi connectivity index (χ2n) is 5.63. The van der Waals surface area contributed by atoms with E-state index in [0.717, 1.165) is 29.3 Å². The van der Waals surface area contributed by atoms with Crippen molar-refractivity contribution in [1.82, 2.24) is 4.90 Å². The van der Waals surface area contributed by atoms with Crippen LogP contribution in [0.4, 0.5) is 0 Å². The van der Waals surface area contributed by atoms with Crippen LogP contribution in [0.3, 0.4) is 0 Å². The van der Waals surface area contributed by atoms with Crippen molar-refractivity contribution in [2.75, 3.05) is 6.54 Å². The predicted octanol–water partition coefficient (Wildman–Crippen LogP) is 2.52. The first-order valence-electron chi connectivity index (χ1n) is 5.96. The van der Waals surface area contributed by atoms with E-state index in [1.54, 1.807) is 12.8 Å². The smallest absolute Gasteiger partial charge is 0.0132 e. The second kappa shape index (κ2) is 2.31. The summed E-state index contributed by atoms with van der Waals surface area (Å²) in [6.45, 7) is 8.50. The van der Waals surface area contributed by atoms with Crippen LogP contribution in [0.25, 0.3) is 0 Å². The number of hydrogen-bond donors (Lipinski definition) is 0. The summed E-state index contributed by atoms with van der Waals surface area (Å²) in [5, 5.41) is 0. The van der Waals surface area contributed by atoms with E-state index in [0.29, 0.717) is 0 Å². The highest BCUT2D eigenvalue weighted by molar-refractivity contribution is 5.26. The maximum atomic E-state index is 2.75. The summed E-state index contributed by atoms with van der Waals surface area (Å²) in [5.74, 6) is 2.22. The van der Waals surface area contributed by atoms with E-state index in [4.69, 9.17) is 0 Å². The van der Waals surface area contributed by atoms with Crippen molar-refractivity contribution in [2.24, 2.45) is 17.3 Å². The van der Waals surface area contributed by atoms with Gasteiger partial charge in [0.1, 0.15) is 0 Å². The topological polar surface area (TPSA) is 3.24 Å². The summed E-state index contributed by atoms with van der Waals surface area (Å²) < 4.78 is 0. The zero-order chi connectivity index (χ0) is 9.22. The summed E-state index contributed by atoms with van der Waals surface area (Å²) in [4.78, 5) is 2.75. The molecule has 1 saturated heterocycles. The molecule has 0 N–H and O–H groups in total. The fraction of sp³-hybridized carbons (Fsp3) is 1.00. The number of likely N-dealkylation sites (tertiary alicyclic amines) is 1. The van der Waals surface area contributed by atoms with Gasteiger partial charge in [-0.05, 0) is 50.4 Å². The van der Waals surface area contributed by atoms with Gasteiger partial charge in [0, 0.05) is 18.6 Å². The molecular weight excluding hydrogens is 158 g/mol. The Kier molecular flexibility index (Phi) is 1.47. The molecule has 0 bridgehead atoms. The fourth-order valence-corrected chi connectivity index (χ4v) is 4.06. The highest BCUT2D eigenvalue weighted by Crippen LogP contribution is 2.79. The van der Waals surface area contributed by atoms with Gasteiger partial charge in [-0.25, -0.2) is 0 Å². The summed E-state index contributed by atoms with van der Waals surface area (Å²) in [5.41, 5.74) is 0.909. The lowest BCUT2D eigenvalue weighted by atomic mass is 10.1. The zero-order valence-corrected chi connectivity index (χ0v) is 9.09. The van der Waals surface area contributed by atoms with Crippen LogP contribution in [0.1, 0.15) is 40.0 Å². The minimum atomic E-state index is 0.772. The van der Waals surface area contributed by atoms with Gasteiger partial charge < -0.3 is 0 Å². The molecule has 74 valence electrons. The van der Waals surface area contributed by atoms with E-state index in [2.05, 4.69) is 25.7 Å². The van der Waals surface area contributed by atoms with Crippen LogP contribution in [-0.4, -0.2) is 23.5 Å². The highest BCUT2D eigenvalue weighted by atomic mass is 15.3. The number of rotatable bonds is 2. The first-order valence-corrected chi connectivity index (χ1v) is 5.96. The molecule has 0 unspecified atom stereocenters. The number of fused-ring (bicyclic) bond motifs is 3. The van der Waals surface area contributed by atoms with E-state index >= 15 is 0 Å². The van der Waals surface area contributed by atoms with E-state index < -0.39 is 0 Å². The molecule has 1 heteroatoms. The first kappa shape index (κ1) is 8.28. The Morgan fingerprint density at radius 2 is 2.08 bits per heavy atom. The quantitative estimate of drug-likeness (QED) is 0.629. The average molecular weight is 179 g/mol. The molecule has 3 rings (SSSR count). The van der Waals surface area contributed by atoms with Crippen molar-refractivity contribution >= 4 is 0 Å². The Balaban J connectivity index is 1.77. The Hall–Kier alpha value is -0.0400. The van der Waals surface area contributed by atoms with E-state index in [1.807, 2.05) is 0 Å². The van der Waals surface area contributed by atoms with Gasteiger partial charge in [-0.2, -0.15) is 0 Å². The summed E-state index contributed by atoms with van der Waals surface area (Å²) >= 11 is 0. The summed E-state index contributed by atoms with van der Waals surface area (Å²) in [6.07, 6.45) is 4.50. The Bertz CT molecular complexity index is 227. The van der Waals surface area contributed by atoms with Crippen LogP contribution < -0.4 is 0 Å². The SMILES string of the molecule is CC[C@@H]1[C@@H]2[C@H](CN1C(C)C)C21CC1. The molecule has 2 saturated carbocycles. The monoisotopic (exact) mass is 179 g/mol. The third-order valence-corrected chi connectivity index (χ3v) is 4.88. The van der Waals surface area contributed by atoms with Gasteiger partial charge in [-0.3, -0.25) is 4.90 Å². The molecule has 0 aromatic heterocycles. The third-order valence-electron chi connectivity index (χ3n) is 4.88. The Morgan fingerprint density at radius 3 is 2.54 bits per heavy atom. The van der Waals surface area contributed by atoms with Crippen LogP contribution in [0.5, 0.6) is 0 Å². The lowest BCUT2D eigenvalue weighted by molar-refractivity contribution is 0.153. The van der Waals surface area contributed by atoms with Crippen LogP contribution in [0.15, 0.2) is 0 Å². The molecular formula is C12H21N. The van der Waals surface area contributed by atoms with Crippen LogP contribution in [0.2, 0.25) is 0 Å². The van der Waals surface area contributed by atoms with Gasteiger partial charge in [0.05, 0.1) is 0 Å². The van der Waals surface area contributed by atoms with Gasteiger partial charge in [-0.1, -0.05) is 6.92 Å². The van der Waals surface area contributed by atoms with Gasteiger partial charge >= 0.3 is 0 Å². The molecule has 3 aliphatic rings. The minimum Gasteiger partial charge on any atom is -0.297 e. The third kappa shape index (κ3) is 0.869. The van der Waals surface area contributed by atoms with Crippen LogP contribution in [-0.2, 0) is 0 Å². The predicted molar refractivity (Wildman–Crippen MR) is 54.6 cm³/mol. The lowest BCUT2D eigenvalue weighted by Crippen LogP contribution is -2.39. The Labute approximate surface area is 81.5 Å². The normalized spacial score (nSPS) is 45.7. The number of nitrogens with zero attached hydrogens (tertiary/aromatic N) is 1. The maximum absolute atomic E-state index is 2.75. The molecule has 13 heavy (non-hydrogen) atoms. The van der Waals surface area contributed by atoms with E-state index in [1.165, 1.54) is 13.0 Å². The van der Waals surface area contributed by atoms with Crippen LogP contribution >= 0.6 is 0 Å². The molecule has 0 aromatic rings. The van der Waals surface area contributed by atoms with Crippen LogP contribution in [0, 0.1) is 17.3 Å². The first-order chi connectivity index (χ1) is 6.20. The average Bonchev–Trinajstić information content (AvgIpc) is 2.95. The van der Waals surface area contributed by atoms with Gasteiger partial charge in [0.25, 0.3) is 0 Å². The molecule has 1 heterocycles.